The molecule has 0 N–H and O–H groups in total. The quantitative estimate of drug-likeness (QED) is 0.685. The van der Waals surface area contributed by atoms with Crippen molar-refractivity contribution < 1.29 is 18.8 Å². The average molecular weight is 374 g/mol. The Morgan fingerprint density at radius 3 is 2.71 bits per heavy atom. The summed E-state index contributed by atoms with van der Waals surface area (Å²) in [6, 6.07) is 18.4. The van der Waals surface area contributed by atoms with Crippen LogP contribution in [0, 0.1) is 0 Å². The van der Waals surface area contributed by atoms with Gasteiger partial charge >= 0.3 is 0 Å². The van der Waals surface area contributed by atoms with Crippen LogP contribution in [0.25, 0.3) is 11.3 Å². The predicted octanol–water partition coefficient (Wildman–Crippen LogP) is 3.59. The number of aromatic nitrogens is 1. The molecule has 1 atom stereocenters. The van der Waals surface area contributed by atoms with Gasteiger partial charge in [0.1, 0.15) is 11.4 Å². The second-order valence-corrected chi connectivity index (χ2v) is 7.30. The Morgan fingerprint density at radius 2 is 1.86 bits per heavy atom. The van der Waals surface area contributed by atoms with E-state index in [2.05, 4.69) is 5.16 Å². The van der Waals surface area contributed by atoms with Crippen molar-refractivity contribution in [3.05, 3.63) is 71.9 Å². The van der Waals surface area contributed by atoms with Crippen molar-refractivity contribution in [1.29, 1.82) is 0 Å². The topological polar surface area (TPSA) is 72.6 Å². The number of hydrogen-bond donors (Lipinski definition) is 0. The SMILES string of the molecule is O=C1CC2(CCN(C(=O)c3cc(-c4ccccc4)on3)C2)Oc2ccccc21. The van der Waals surface area contributed by atoms with Crippen LogP contribution >= 0.6 is 0 Å². The van der Waals surface area contributed by atoms with Gasteiger partial charge in [-0.3, -0.25) is 9.59 Å². The van der Waals surface area contributed by atoms with Crippen molar-refractivity contribution in [2.24, 2.45) is 0 Å². The fourth-order valence-corrected chi connectivity index (χ4v) is 3.97. The van der Waals surface area contributed by atoms with Crippen LogP contribution < -0.4 is 4.74 Å². The molecule has 2 aromatic carbocycles. The molecule has 0 aliphatic carbocycles. The van der Waals surface area contributed by atoms with Crippen LogP contribution in [0.2, 0.25) is 0 Å². The third kappa shape index (κ3) is 2.78. The molecule has 0 saturated carbocycles. The number of carbonyl (C=O) groups excluding carboxylic acids is 2. The molecule has 0 bridgehead atoms. The molecule has 5 rings (SSSR count). The van der Waals surface area contributed by atoms with Gasteiger partial charge < -0.3 is 14.2 Å². The van der Waals surface area contributed by atoms with E-state index in [1.165, 1.54) is 0 Å². The van der Waals surface area contributed by atoms with Gasteiger partial charge in [-0.15, -0.1) is 0 Å². The van der Waals surface area contributed by atoms with Gasteiger partial charge in [-0.1, -0.05) is 47.6 Å². The number of fused-ring (bicyclic) bond motifs is 1. The van der Waals surface area contributed by atoms with E-state index in [4.69, 9.17) is 9.26 Å². The lowest BCUT2D eigenvalue weighted by molar-refractivity contribution is 0.0426. The van der Waals surface area contributed by atoms with Crippen molar-refractivity contribution in [3.63, 3.8) is 0 Å². The van der Waals surface area contributed by atoms with Crippen molar-refractivity contribution in [2.75, 3.05) is 13.1 Å². The van der Waals surface area contributed by atoms with E-state index in [1.54, 1.807) is 17.0 Å². The summed E-state index contributed by atoms with van der Waals surface area (Å²) >= 11 is 0. The molecule has 3 heterocycles. The van der Waals surface area contributed by atoms with Gasteiger partial charge in [0.25, 0.3) is 5.91 Å². The second-order valence-electron chi connectivity index (χ2n) is 7.30. The molecule has 2 aliphatic rings. The molecule has 1 fully saturated rings. The van der Waals surface area contributed by atoms with Crippen molar-refractivity contribution in [3.8, 4) is 17.1 Å². The molecule has 1 aromatic heterocycles. The summed E-state index contributed by atoms with van der Waals surface area (Å²) in [7, 11) is 0. The number of likely N-dealkylation sites (tertiary alicyclic amines) is 1. The van der Waals surface area contributed by atoms with Crippen LogP contribution in [0.3, 0.4) is 0 Å². The molecule has 6 nitrogen and oxygen atoms in total. The largest absolute Gasteiger partial charge is 0.484 e. The molecule has 1 spiro atoms. The molecule has 3 aromatic rings. The molecule has 1 unspecified atom stereocenters. The third-order valence-corrected chi connectivity index (χ3v) is 5.39. The molecule has 28 heavy (non-hydrogen) atoms. The normalized spacial score (nSPS) is 20.9. The first-order chi connectivity index (χ1) is 13.6. The van der Waals surface area contributed by atoms with Gasteiger partial charge in [-0.2, -0.15) is 0 Å². The molecular weight excluding hydrogens is 356 g/mol. The number of carbonyl (C=O) groups is 2. The van der Waals surface area contributed by atoms with Gasteiger partial charge in [-0.25, -0.2) is 0 Å². The summed E-state index contributed by atoms with van der Waals surface area (Å²) in [5, 5.41) is 3.95. The Kier molecular flexibility index (Phi) is 3.79. The lowest BCUT2D eigenvalue weighted by Crippen LogP contribution is -2.45. The fraction of sp³-hybridized carbons (Fsp3) is 0.227. The highest BCUT2D eigenvalue weighted by atomic mass is 16.5. The van der Waals surface area contributed by atoms with Crippen molar-refractivity contribution in [1.82, 2.24) is 10.1 Å². The van der Waals surface area contributed by atoms with E-state index < -0.39 is 5.60 Å². The molecule has 140 valence electrons. The minimum Gasteiger partial charge on any atom is -0.484 e. The first kappa shape index (κ1) is 16.7. The number of ketones is 1. The number of ether oxygens (including phenoxy) is 1. The highest BCUT2D eigenvalue weighted by Gasteiger charge is 2.47. The third-order valence-electron chi connectivity index (χ3n) is 5.39. The minimum atomic E-state index is -0.660. The van der Waals surface area contributed by atoms with Crippen molar-refractivity contribution in [2.45, 2.75) is 18.4 Å². The number of para-hydroxylation sites is 1. The van der Waals surface area contributed by atoms with Crippen LogP contribution in [-0.2, 0) is 0 Å². The number of rotatable bonds is 2. The summed E-state index contributed by atoms with van der Waals surface area (Å²) in [5.74, 6) is 0.999. The average Bonchev–Trinajstić information content (AvgIpc) is 3.36. The van der Waals surface area contributed by atoms with Gasteiger partial charge in [0.05, 0.1) is 18.5 Å². The molecule has 0 radical (unpaired) electrons. The van der Waals surface area contributed by atoms with E-state index >= 15 is 0 Å². The first-order valence-electron chi connectivity index (χ1n) is 9.26. The lowest BCUT2D eigenvalue weighted by Gasteiger charge is -2.34. The Morgan fingerprint density at radius 1 is 1.07 bits per heavy atom. The van der Waals surface area contributed by atoms with E-state index in [0.29, 0.717) is 36.6 Å². The van der Waals surface area contributed by atoms with Crippen LogP contribution in [0.1, 0.15) is 33.7 Å². The first-order valence-corrected chi connectivity index (χ1v) is 9.26. The van der Waals surface area contributed by atoms with Crippen LogP contribution in [0.15, 0.2) is 65.2 Å². The zero-order valence-electron chi connectivity index (χ0n) is 15.1. The number of Topliss-reactive ketones (excluding diaryl/α,β-unsaturated/α-hetero) is 1. The molecule has 2 aliphatic heterocycles. The highest BCUT2D eigenvalue weighted by molar-refractivity contribution is 6.00. The van der Waals surface area contributed by atoms with Crippen LogP contribution in [-0.4, -0.2) is 40.4 Å². The summed E-state index contributed by atoms with van der Waals surface area (Å²) in [6.07, 6.45) is 0.893. The smallest absolute Gasteiger partial charge is 0.276 e. The highest BCUT2D eigenvalue weighted by Crippen LogP contribution is 2.39. The number of amides is 1. The molecule has 1 saturated heterocycles. The van der Waals surface area contributed by atoms with Gasteiger partial charge in [-0.05, 0) is 12.1 Å². The maximum absolute atomic E-state index is 12.9. The Hall–Kier alpha value is -3.41. The van der Waals surface area contributed by atoms with E-state index in [1.807, 2.05) is 48.5 Å². The summed E-state index contributed by atoms with van der Waals surface area (Å²) in [5.41, 5.74) is 1.08. The number of benzene rings is 2. The predicted molar refractivity (Wildman–Crippen MR) is 101 cm³/mol. The molecular formula is C22H18N2O4. The number of hydrogen-bond acceptors (Lipinski definition) is 5. The van der Waals surface area contributed by atoms with Gasteiger partial charge in [0.2, 0.25) is 0 Å². The Labute approximate surface area is 161 Å². The van der Waals surface area contributed by atoms with E-state index in [0.717, 1.165) is 5.56 Å². The minimum absolute atomic E-state index is 0.0592. The Bertz CT molecular complexity index is 1060. The van der Waals surface area contributed by atoms with E-state index in [-0.39, 0.29) is 23.8 Å². The zero-order valence-corrected chi connectivity index (χ0v) is 15.1. The summed E-state index contributed by atoms with van der Waals surface area (Å²) < 4.78 is 11.5. The molecule has 1 amide bonds. The fourth-order valence-electron chi connectivity index (χ4n) is 3.97. The molecule has 6 heteroatoms. The zero-order chi connectivity index (χ0) is 19.1. The second kappa shape index (κ2) is 6.34. The lowest BCUT2D eigenvalue weighted by atomic mass is 9.89. The Balaban J connectivity index is 1.35. The van der Waals surface area contributed by atoms with Crippen LogP contribution in [0.5, 0.6) is 5.75 Å². The maximum Gasteiger partial charge on any atom is 0.276 e. The van der Waals surface area contributed by atoms with Crippen molar-refractivity contribution >= 4 is 11.7 Å². The van der Waals surface area contributed by atoms with E-state index in [9.17, 15) is 9.59 Å². The standard InChI is InChI=1S/C22H18N2O4/c25-18-13-22(27-19-9-5-4-8-16(18)19)10-11-24(14-22)21(26)17-12-20(28-23-17)15-6-2-1-3-7-15/h1-9,12H,10-11,13-14H2. The summed E-state index contributed by atoms with van der Waals surface area (Å²) in [6.45, 7) is 0.876. The summed E-state index contributed by atoms with van der Waals surface area (Å²) in [4.78, 5) is 27.1. The maximum atomic E-state index is 12.9. The number of nitrogens with zero attached hydrogens (tertiary/aromatic N) is 2. The van der Waals surface area contributed by atoms with Gasteiger partial charge in [0.15, 0.2) is 17.2 Å². The van der Waals surface area contributed by atoms with Crippen LogP contribution in [0.4, 0.5) is 0 Å². The monoisotopic (exact) mass is 374 g/mol. The van der Waals surface area contributed by atoms with Gasteiger partial charge in [0, 0.05) is 24.6 Å².